The molecule has 0 aromatic rings. The fraction of sp³-hybridized carbons (Fsp3) is 1.00. The van der Waals surface area contributed by atoms with Crippen LogP contribution in [0.25, 0.3) is 0 Å². The van der Waals surface area contributed by atoms with Crippen molar-refractivity contribution in [3.05, 3.63) is 0 Å². The molecule has 0 bridgehead atoms. The Bertz CT molecular complexity index is 227. The molecule has 2 aliphatic rings. The topological polar surface area (TPSA) is 15.3 Å². The molecular formula is C16H33ClN2. The zero-order valence-electron chi connectivity index (χ0n) is 12.9. The maximum atomic E-state index is 3.50. The van der Waals surface area contributed by atoms with Crippen molar-refractivity contribution in [3.8, 4) is 0 Å². The first-order valence-corrected chi connectivity index (χ1v) is 8.21. The van der Waals surface area contributed by atoms with Crippen molar-refractivity contribution in [2.24, 2.45) is 17.8 Å². The van der Waals surface area contributed by atoms with E-state index in [0.717, 1.165) is 24.3 Å². The second-order valence-corrected chi connectivity index (χ2v) is 6.69. The van der Waals surface area contributed by atoms with Crippen LogP contribution in [-0.2, 0) is 0 Å². The molecule has 0 radical (unpaired) electrons. The van der Waals surface area contributed by atoms with Gasteiger partial charge in [0.05, 0.1) is 0 Å². The van der Waals surface area contributed by atoms with Crippen molar-refractivity contribution in [3.63, 3.8) is 0 Å². The van der Waals surface area contributed by atoms with Gasteiger partial charge in [-0.1, -0.05) is 26.7 Å². The molecule has 0 amide bonds. The quantitative estimate of drug-likeness (QED) is 0.832. The van der Waals surface area contributed by atoms with E-state index in [1.54, 1.807) is 0 Å². The van der Waals surface area contributed by atoms with E-state index in [1.165, 1.54) is 64.7 Å². The molecule has 2 rings (SSSR count). The summed E-state index contributed by atoms with van der Waals surface area (Å²) in [5, 5.41) is 3.50. The molecule has 2 fully saturated rings. The van der Waals surface area contributed by atoms with Gasteiger partial charge in [0.15, 0.2) is 0 Å². The van der Waals surface area contributed by atoms with Crippen LogP contribution in [0.1, 0.15) is 52.4 Å². The standard InChI is InChI=1S/C16H32N2.ClH/c1-3-17-12-15-7-9-18(10-8-15)13-16-6-4-5-14(2)11-16;/h14-17H,3-13H2,1-2H3;1H. The van der Waals surface area contributed by atoms with E-state index in [0.29, 0.717) is 0 Å². The van der Waals surface area contributed by atoms with E-state index in [4.69, 9.17) is 0 Å². The van der Waals surface area contributed by atoms with Crippen LogP contribution in [0.4, 0.5) is 0 Å². The molecule has 0 spiro atoms. The van der Waals surface area contributed by atoms with Crippen LogP contribution in [0.3, 0.4) is 0 Å². The normalized spacial score (nSPS) is 30.0. The van der Waals surface area contributed by atoms with Crippen molar-refractivity contribution in [2.45, 2.75) is 52.4 Å². The van der Waals surface area contributed by atoms with Gasteiger partial charge in [-0.3, -0.25) is 0 Å². The lowest BCUT2D eigenvalue weighted by molar-refractivity contribution is 0.135. The molecule has 2 atom stereocenters. The van der Waals surface area contributed by atoms with E-state index < -0.39 is 0 Å². The Morgan fingerprint density at radius 3 is 2.42 bits per heavy atom. The number of nitrogens with one attached hydrogen (secondary N) is 1. The summed E-state index contributed by atoms with van der Waals surface area (Å²) in [6.45, 7) is 11.1. The van der Waals surface area contributed by atoms with E-state index in [2.05, 4.69) is 24.1 Å². The molecule has 1 N–H and O–H groups in total. The monoisotopic (exact) mass is 288 g/mol. The molecule has 1 saturated carbocycles. The molecule has 0 aromatic carbocycles. The molecule has 1 aliphatic carbocycles. The molecule has 3 heteroatoms. The molecule has 19 heavy (non-hydrogen) atoms. The second-order valence-electron chi connectivity index (χ2n) is 6.69. The van der Waals surface area contributed by atoms with Gasteiger partial charge in [0.1, 0.15) is 0 Å². The van der Waals surface area contributed by atoms with Crippen molar-refractivity contribution >= 4 is 12.4 Å². The van der Waals surface area contributed by atoms with Gasteiger partial charge in [0, 0.05) is 6.54 Å². The highest BCUT2D eigenvalue weighted by atomic mass is 35.5. The van der Waals surface area contributed by atoms with E-state index in [-0.39, 0.29) is 12.4 Å². The van der Waals surface area contributed by atoms with Crippen LogP contribution < -0.4 is 5.32 Å². The Kier molecular flexibility index (Phi) is 8.36. The first-order valence-electron chi connectivity index (χ1n) is 8.21. The number of likely N-dealkylation sites (tertiary alicyclic amines) is 1. The van der Waals surface area contributed by atoms with Gasteiger partial charge in [-0.05, 0) is 69.6 Å². The lowest BCUT2D eigenvalue weighted by atomic mass is 9.82. The number of hydrogen-bond acceptors (Lipinski definition) is 2. The minimum absolute atomic E-state index is 0. The first-order chi connectivity index (χ1) is 8.78. The molecule has 2 unspecified atom stereocenters. The third-order valence-electron chi connectivity index (χ3n) is 4.95. The Labute approximate surface area is 126 Å². The Hall–Kier alpha value is 0.210. The average Bonchev–Trinajstić information content (AvgIpc) is 2.38. The minimum atomic E-state index is 0. The fourth-order valence-electron chi connectivity index (χ4n) is 3.81. The SMILES string of the molecule is CCNCC1CCN(CC2CCCC(C)C2)CC1.Cl. The summed E-state index contributed by atoms with van der Waals surface area (Å²) in [6.07, 6.45) is 8.74. The van der Waals surface area contributed by atoms with E-state index in [9.17, 15) is 0 Å². The zero-order chi connectivity index (χ0) is 12.8. The second kappa shape index (κ2) is 9.20. The molecular weight excluding hydrogens is 256 g/mol. The van der Waals surface area contributed by atoms with Crippen molar-refractivity contribution in [2.75, 3.05) is 32.7 Å². The van der Waals surface area contributed by atoms with Gasteiger partial charge in [0.2, 0.25) is 0 Å². The van der Waals surface area contributed by atoms with Crippen molar-refractivity contribution < 1.29 is 0 Å². The number of rotatable bonds is 5. The van der Waals surface area contributed by atoms with Gasteiger partial charge in [0.25, 0.3) is 0 Å². The van der Waals surface area contributed by atoms with Crippen molar-refractivity contribution in [1.29, 1.82) is 0 Å². The first kappa shape index (κ1) is 17.3. The van der Waals surface area contributed by atoms with Crippen molar-refractivity contribution in [1.82, 2.24) is 10.2 Å². The van der Waals surface area contributed by atoms with E-state index in [1.807, 2.05) is 0 Å². The lowest BCUT2D eigenvalue weighted by Gasteiger charge is -2.36. The highest BCUT2D eigenvalue weighted by Gasteiger charge is 2.24. The minimum Gasteiger partial charge on any atom is -0.317 e. The molecule has 1 saturated heterocycles. The third kappa shape index (κ3) is 6.01. The van der Waals surface area contributed by atoms with Gasteiger partial charge >= 0.3 is 0 Å². The third-order valence-corrected chi connectivity index (χ3v) is 4.95. The van der Waals surface area contributed by atoms with Crippen LogP contribution in [-0.4, -0.2) is 37.6 Å². The molecule has 1 aliphatic heterocycles. The predicted octanol–water partition coefficient (Wildman–Crippen LogP) is 3.56. The largest absolute Gasteiger partial charge is 0.317 e. The van der Waals surface area contributed by atoms with Crippen LogP contribution in [0.15, 0.2) is 0 Å². The van der Waals surface area contributed by atoms with Gasteiger partial charge in [-0.15, -0.1) is 12.4 Å². The highest BCUT2D eigenvalue weighted by molar-refractivity contribution is 5.85. The lowest BCUT2D eigenvalue weighted by Crippen LogP contribution is -2.40. The smallest absolute Gasteiger partial charge is 0.000976 e. The van der Waals surface area contributed by atoms with Crippen LogP contribution in [0, 0.1) is 17.8 Å². The average molecular weight is 289 g/mol. The Morgan fingerprint density at radius 2 is 1.79 bits per heavy atom. The summed E-state index contributed by atoms with van der Waals surface area (Å²) in [5.41, 5.74) is 0. The fourth-order valence-corrected chi connectivity index (χ4v) is 3.81. The van der Waals surface area contributed by atoms with Gasteiger partial charge in [-0.2, -0.15) is 0 Å². The molecule has 114 valence electrons. The summed E-state index contributed by atoms with van der Waals surface area (Å²) >= 11 is 0. The van der Waals surface area contributed by atoms with Crippen LogP contribution in [0.2, 0.25) is 0 Å². The zero-order valence-corrected chi connectivity index (χ0v) is 13.7. The van der Waals surface area contributed by atoms with Crippen LogP contribution >= 0.6 is 12.4 Å². The number of piperidine rings is 1. The summed E-state index contributed by atoms with van der Waals surface area (Å²) < 4.78 is 0. The highest BCUT2D eigenvalue weighted by Crippen LogP contribution is 2.30. The maximum absolute atomic E-state index is 3.50. The summed E-state index contributed by atoms with van der Waals surface area (Å²) in [4.78, 5) is 2.74. The maximum Gasteiger partial charge on any atom is 0.000976 e. The number of nitrogens with zero attached hydrogens (tertiary/aromatic N) is 1. The predicted molar refractivity (Wildman–Crippen MR) is 86.1 cm³/mol. The Balaban J connectivity index is 0.00000180. The molecule has 0 aromatic heterocycles. The number of halogens is 1. The van der Waals surface area contributed by atoms with Gasteiger partial charge < -0.3 is 10.2 Å². The Morgan fingerprint density at radius 1 is 1.05 bits per heavy atom. The summed E-state index contributed by atoms with van der Waals surface area (Å²) in [7, 11) is 0. The molecule has 1 heterocycles. The number of hydrogen-bond donors (Lipinski definition) is 1. The summed E-state index contributed by atoms with van der Waals surface area (Å²) in [5.74, 6) is 2.92. The van der Waals surface area contributed by atoms with E-state index >= 15 is 0 Å². The molecule has 2 nitrogen and oxygen atoms in total. The summed E-state index contributed by atoms with van der Waals surface area (Å²) in [6, 6.07) is 0. The van der Waals surface area contributed by atoms with Crippen LogP contribution in [0.5, 0.6) is 0 Å². The van der Waals surface area contributed by atoms with Gasteiger partial charge in [-0.25, -0.2) is 0 Å².